The number of benzene rings is 1. The van der Waals surface area contributed by atoms with Gasteiger partial charge in [0.2, 0.25) is 11.8 Å². The predicted octanol–water partition coefficient (Wildman–Crippen LogP) is 2.20. The van der Waals surface area contributed by atoms with Crippen LogP contribution in [-0.2, 0) is 11.3 Å². The number of ether oxygens (including phenoxy) is 1. The molecule has 1 aromatic carbocycles. The Morgan fingerprint density at radius 3 is 2.96 bits per heavy atom. The zero-order valence-electron chi connectivity index (χ0n) is 14.7. The Kier molecular flexibility index (Phi) is 4.51. The molecule has 2 aromatic heterocycles. The number of carbonyl (C=O) groups excluding carboxylic acids is 1. The van der Waals surface area contributed by atoms with Crippen molar-refractivity contribution in [1.82, 2.24) is 24.6 Å². The van der Waals surface area contributed by atoms with E-state index in [1.807, 2.05) is 52.8 Å². The van der Waals surface area contributed by atoms with Gasteiger partial charge >= 0.3 is 0 Å². The molecule has 0 spiro atoms. The van der Waals surface area contributed by atoms with Gasteiger partial charge in [0, 0.05) is 12.6 Å². The van der Waals surface area contributed by atoms with E-state index in [2.05, 4.69) is 15.2 Å². The minimum Gasteiger partial charge on any atom is -0.471 e. The van der Waals surface area contributed by atoms with Gasteiger partial charge in [-0.25, -0.2) is 4.98 Å². The molecule has 0 bridgehead atoms. The molecule has 26 heavy (non-hydrogen) atoms. The van der Waals surface area contributed by atoms with Gasteiger partial charge in [0.25, 0.3) is 0 Å². The summed E-state index contributed by atoms with van der Waals surface area (Å²) in [5.74, 6) is 0.590. The number of nitrogens with zero attached hydrogens (tertiary/aromatic N) is 5. The molecule has 134 valence electrons. The topological polar surface area (TPSA) is 73.1 Å². The number of piperidine rings is 1. The van der Waals surface area contributed by atoms with Gasteiger partial charge in [-0.2, -0.15) is 5.10 Å². The molecule has 7 nitrogen and oxygen atoms in total. The normalized spacial score (nSPS) is 17.4. The molecule has 4 rings (SSSR count). The second-order valence-electron chi connectivity index (χ2n) is 6.60. The first-order chi connectivity index (χ1) is 12.7. The SMILES string of the molecule is Cc1ccc(OC2CCCN(C(=O)Cn3cnc4ccccc43)C2)nn1. The van der Waals surface area contributed by atoms with Gasteiger partial charge in [-0.3, -0.25) is 4.79 Å². The fraction of sp³-hybridized carbons (Fsp3) is 0.368. The van der Waals surface area contributed by atoms with E-state index in [1.54, 1.807) is 6.33 Å². The number of imidazole rings is 1. The van der Waals surface area contributed by atoms with Crippen LogP contribution in [-0.4, -0.2) is 49.7 Å². The van der Waals surface area contributed by atoms with Crippen molar-refractivity contribution in [1.29, 1.82) is 0 Å². The zero-order valence-corrected chi connectivity index (χ0v) is 14.7. The van der Waals surface area contributed by atoms with E-state index in [0.29, 0.717) is 12.4 Å². The third kappa shape index (κ3) is 3.51. The summed E-state index contributed by atoms with van der Waals surface area (Å²) in [7, 11) is 0. The van der Waals surface area contributed by atoms with E-state index < -0.39 is 0 Å². The van der Waals surface area contributed by atoms with Crippen molar-refractivity contribution >= 4 is 16.9 Å². The second kappa shape index (κ2) is 7.11. The number of hydrogen-bond donors (Lipinski definition) is 0. The molecule has 1 aliphatic heterocycles. The fourth-order valence-electron chi connectivity index (χ4n) is 3.26. The minimum absolute atomic E-state index is 0.0516. The molecule has 0 saturated carbocycles. The van der Waals surface area contributed by atoms with Crippen molar-refractivity contribution in [2.45, 2.75) is 32.4 Å². The molecule has 3 heterocycles. The molecule has 1 amide bonds. The number of para-hydroxylation sites is 2. The maximum absolute atomic E-state index is 12.7. The third-order valence-corrected chi connectivity index (χ3v) is 4.62. The highest BCUT2D eigenvalue weighted by atomic mass is 16.5. The summed E-state index contributed by atoms with van der Waals surface area (Å²) in [6, 6.07) is 11.5. The standard InChI is InChI=1S/C19H21N5O2/c1-14-8-9-18(22-21-14)26-15-5-4-10-23(11-15)19(25)12-24-13-20-16-6-2-3-7-17(16)24/h2-3,6-9,13,15H,4-5,10-12H2,1H3. The summed E-state index contributed by atoms with van der Waals surface area (Å²) in [6.45, 7) is 3.50. The van der Waals surface area contributed by atoms with E-state index in [9.17, 15) is 4.79 Å². The summed E-state index contributed by atoms with van der Waals surface area (Å²) >= 11 is 0. The van der Waals surface area contributed by atoms with Gasteiger partial charge in [-0.05, 0) is 38.0 Å². The van der Waals surface area contributed by atoms with Gasteiger partial charge < -0.3 is 14.2 Å². The molecule has 7 heteroatoms. The van der Waals surface area contributed by atoms with Crippen LogP contribution >= 0.6 is 0 Å². The van der Waals surface area contributed by atoms with Gasteiger partial charge in [-0.1, -0.05) is 12.1 Å². The summed E-state index contributed by atoms with van der Waals surface area (Å²) in [6.07, 6.45) is 3.50. The molecule has 1 aliphatic rings. The Morgan fingerprint density at radius 2 is 2.12 bits per heavy atom. The zero-order chi connectivity index (χ0) is 17.9. The first kappa shape index (κ1) is 16.5. The largest absolute Gasteiger partial charge is 0.471 e. The van der Waals surface area contributed by atoms with Crippen molar-refractivity contribution in [2.24, 2.45) is 0 Å². The van der Waals surface area contributed by atoms with E-state index in [-0.39, 0.29) is 18.6 Å². The van der Waals surface area contributed by atoms with Crippen LogP contribution in [0.3, 0.4) is 0 Å². The highest BCUT2D eigenvalue weighted by Gasteiger charge is 2.25. The number of hydrogen-bond acceptors (Lipinski definition) is 5. The van der Waals surface area contributed by atoms with Crippen LogP contribution in [0.4, 0.5) is 0 Å². The van der Waals surface area contributed by atoms with Crippen LogP contribution < -0.4 is 4.74 Å². The average Bonchev–Trinajstić information content (AvgIpc) is 3.07. The van der Waals surface area contributed by atoms with E-state index in [1.165, 1.54) is 0 Å². The highest BCUT2D eigenvalue weighted by Crippen LogP contribution is 2.18. The van der Waals surface area contributed by atoms with Gasteiger partial charge in [0.05, 0.1) is 29.6 Å². The third-order valence-electron chi connectivity index (χ3n) is 4.62. The molecule has 0 N–H and O–H groups in total. The first-order valence-electron chi connectivity index (χ1n) is 8.84. The summed E-state index contributed by atoms with van der Waals surface area (Å²) in [4.78, 5) is 19.0. The molecular formula is C19H21N5O2. The molecule has 1 fully saturated rings. The molecule has 1 saturated heterocycles. The lowest BCUT2D eigenvalue weighted by Crippen LogP contribution is -2.45. The van der Waals surface area contributed by atoms with Crippen molar-refractivity contribution in [2.75, 3.05) is 13.1 Å². The van der Waals surface area contributed by atoms with Gasteiger partial charge in [-0.15, -0.1) is 5.10 Å². The maximum Gasteiger partial charge on any atom is 0.242 e. The Morgan fingerprint density at radius 1 is 1.23 bits per heavy atom. The Balaban J connectivity index is 1.40. The van der Waals surface area contributed by atoms with Crippen LogP contribution in [0, 0.1) is 6.92 Å². The maximum atomic E-state index is 12.7. The van der Waals surface area contributed by atoms with E-state index in [0.717, 1.165) is 36.1 Å². The second-order valence-corrected chi connectivity index (χ2v) is 6.60. The Bertz CT molecular complexity index is 906. The van der Waals surface area contributed by atoms with Gasteiger partial charge in [0.15, 0.2) is 0 Å². The predicted molar refractivity (Wildman–Crippen MR) is 96.7 cm³/mol. The smallest absolute Gasteiger partial charge is 0.242 e. The number of carbonyl (C=O) groups is 1. The Labute approximate surface area is 151 Å². The summed E-state index contributed by atoms with van der Waals surface area (Å²) < 4.78 is 7.81. The van der Waals surface area contributed by atoms with Crippen LogP contribution in [0.15, 0.2) is 42.7 Å². The lowest BCUT2D eigenvalue weighted by atomic mass is 10.1. The number of fused-ring (bicyclic) bond motifs is 1. The van der Waals surface area contributed by atoms with Crippen molar-refractivity contribution in [3.05, 3.63) is 48.4 Å². The van der Waals surface area contributed by atoms with Crippen molar-refractivity contribution < 1.29 is 9.53 Å². The number of aryl methyl sites for hydroxylation is 1. The molecular weight excluding hydrogens is 330 g/mol. The number of amides is 1. The number of aromatic nitrogens is 4. The lowest BCUT2D eigenvalue weighted by Gasteiger charge is -2.32. The van der Waals surface area contributed by atoms with Crippen molar-refractivity contribution in [3.8, 4) is 5.88 Å². The van der Waals surface area contributed by atoms with Crippen LogP contribution in [0.2, 0.25) is 0 Å². The molecule has 0 aliphatic carbocycles. The van der Waals surface area contributed by atoms with Crippen molar-refractivity contribution in [3.63, 3.8) is 0 Å². The van der Waals surface area contributed by atoms with E-state index >= 15 is 0 Å². The number of likely N-dealkylation sites (tertiary alicyclic amines) is 1. The van der Waals surface area contributed by atoms with Crippen LogP contribution in [0.1, 0.15) is 18.5 Å². The van der Waals surface area contributed by atoms with Crippen LogP contribution in [0.5, 0.6) is 5.88 Å². The minimum atomic E-state index is -0.0516. The first-order valence-corrected chi connectivity index (χ1v) is 8.84. The Hall–Kier alpha value is -2.96. The average molecular weight is 351 g/mol. The summed E-state index contributed by atoms with van der Waals surface area (Å²) in [5, 5.41) is 8.06. The summed E-state index contributed by atoms with van der Waals surface area (Å²) in [5.41, 5.74) is 2.73. The molecule has 1 atom stereocenters. The van der Waals surface area contributed by atoms with E-state index in [4.69, 9.17) is 4.74 Å². The quantitative estimate of drug-likeness (QED) is 0.720. The highest BCUT2D eigenvalue weighted by molar-refractivity contribution is 5.80. The molecule has 0 radical (unpaired) electrons. The monoisotopic (exact) mass is 351 g/mol. The number of rotatable bonds is 4. The fourth-order valence-corrected chi connectivity index (χ4v) is 3.26. The molecule has 1 unspecified atom stereocenters. The van der Waals surface area contributed by atoms with Gasteiger partial charge in [0.1, 0.15) is 12.6 Å². The molecule has 3 aromatic rings. The van der Waals surface area contributed by atoms with Crippen LogP contribution in [0.25, 0.3) is 11.0 Å². The lowest BCUT2D eigenvalue weighted by molar-refractivity contribution is -0.134.